The molecule has 0 spiro atoms. The number of aryl methyl sites for hydroxylation is 3. The summed E-state index contributed by atoms with van der Waals surface area (Å²) in [5, 5.41) is 0. The van der Waals surface area contributed by atoms with E-state index in [4.69, 9.17) is 0 Å². The zero-order chi connectivity index (χ0) is 21.9. The summed E-state index contributed by atoms with van der Waals surface area (Å²) in [6.07, 6.45) is 0. The molecular formula is C23H22FN5O2. The van der Waals surface area contributed by atoms with Crippen LogP contribution in [0.4, 0.5) is 16.0 Å². The van der Waals surface area contributed by atoms with E-state index in [1.807, 2.05) is 18.4 Å². The molecule has 0 bridgehead atoms. The average molecular weight is 419 g/mol. The fraction of sp³-hybridized carbons (Fsp3) is 0.261. The fourth-order valence-corrected chi connectivity index (χ4v) is 4.34. The summed E-state index contributed by atoms with van der Waals surface area (Å²) in [6.45, 7) is 5.47. The van der Waals surface area contributed by atoms with Gasteiger partial charge in [0, 0.05) is 25.8 Å². The Balaban J connectivity index is 1.67. The van der Waals surface area contributed by atoms with Gasteiger partial charge in [-0.25, -0.2) is 9.18 Å². The van der Waals surface area contributed by atoms with E-state index in [1.54, 1.807) is 19.2 Å². The van der Waals surface area contributed by atoms with Crippen LogP contribution >= 0.6 is 0 Å². The van der Waals surface area contributed by atoms with Crippen LogP contribution in [0.1, 0.15) is 16.7 Å². The number of benzene rings is 2. The van der Waals surface area contributed by atoms with Crippen LogP contribution in [0.25, 0.3) is 11.2 Å². The van der Waals surface area contributed by atoms with E-state index in [1.165, 1.54) is 21.3 Å². The summed E-state index contributed by atoms with van der Waals surface area (Å²) < 4.78 is 17.7. The molecule has 0 radical (unpaired) electrons. The number of hydrogen-bond donors (Lipinski definition) is 0. The second-order valence-corrected chi connectivity index (χ2v) is 8.09. The molecular weight excluding hydrogens is 397 g/mol. The Kier molecular flexibility index (Phi) is 4.32. The number of halogens is 1. The number of aromatic nitrogens is 4. The van der Waals surface area contributed by atoms with Gasteiger partial charge in [-0.2, -0.15) is 4.98 Å². The standard InChI is InChI=1S/C23H22FN5O2/c1-14-10-15(2)12-18(11-14)27-8-9-28-19-20(25-22(27)28)26(3)23(31)29(21(19)30)13-16-4-6-17(24)7-5-16/h4-7,10-12H,8-9,13H2,1-3H3. The van der Waals surface area contributed by atoms with Gasteiger partial charge in [-0.3, -0.25) is 13.9 Å². The van der Waals surface area contributed by atoms with E-state index in [-0.39, 0.29) is 17.9 Å². The van der Waals surface area contributed by atoms with E-state index >= 15 is 0 Å². The zero-order valence-corrected chi connectivity index (χ0v) is 17.6. The monoisotopic (exact) mass is 419 g/mol. The Morgan fingerprint density at radius 1 is 1.00 bits per heavy atom. The van der Waals surface area contributed by atoms with Crippen molar-refractivity contribution < 1.29 is 4.39 Å². The molecule has 0 N–H and O–H groups in total. The lowest BCUT2D eigenvalue weighted by Crippen LogP contribution is -2.40. The molecule has 0 amide bonds. The van der Waals surface area contributed by atoms with Crippen LogP contribution < -0.4 is 16.1 Å². The third-order valence-corrected chi connectivity index (χ3v) is 5.77. The van der Waals surface area contributed by atoms with E-state index < -0.39 is 5.69 Å². The second-order valence-electron chi connectivity index (χ2n) is 8.09. The van der Waals surface area contributed by atoms with Gasteiger partial charge in [-0.05, 0) is 54.8 Å². The summed E-state index contributed by atoms with van der Waals surface area (Å²) in [5.74, 6) is 0.297. The Bertz CT molecular complexity index is 1430. The molecule has 2 aromatic heterocycles. The van der Waals surface area contributed by atoms with Crippen LogP contribution in [0, 0.1) is 19.7 Å². The van der Waals surface area contributed by atoms with Gasteiger partial charge >= 0.3 is 5.69 Å². The minimum Gasteiger partial charge on any atom is -0.310 e. The van der Waals surface area contributed by atoms with Gasteiger partial charge in [-0.1, -0.05) is 18.2 Å². The van der Waals surface area contributed by atoms with Crippen molar-refractivity contribution in [2.75, 3.05) is 11.4 Å². The van der Waals surface area contributed by atoms with Crippen molar-refractivity contribution in [3.63, 3.8) is 0 Å². The molecule has 5 rings (SSSR count). The maximum Gasteiger partial charge on any atom is 0.332 e. The predicted octanol–water partition coefficient (Wildman–Crippen LogP) is 2.85. The summed E-state index contributed by atoms with van der Waals surface area (Å²) in [4.78, 5) is 33.0. The maximum atomic E-state index is 13.3. The fourth-order valence-electron chi connectivity index (χ4n) is 4.34. The molecule has 0 saturated carbocycles. The summed E-state index contributed by atoms with van der Waals surface area (Å²) in [5.41, 5.74) is 3.94. The smallest absolute Gasteiger partial charge is 0.310 e. The molecule has 0 saturated heterocycles. The van der Waals surface area contributed by atoms with Crippen LogP contribution in [0.5, 0.6) is 0 Å². The molecule has 31 heavy (non-hydrogen) atoms. The van der Waals surface area contributed by atoms with Crippen LogP contribution in [0.3, 0.4) is 0 Å². The first-order chi connectivity index (χ1) is 14.8. The van der Waals surface area contributed by atoms with Gasteiger partial charge in [0.1, 0.15) is 5.82 Å². The van der Waals surface area contributed by atoms with Gasteiger partial charge in [0.25, 0.3) is 5.56 Å². The van der Waals surface area contributed by atoms with E-state index in [0.717, 1.165) is 16.8 Å². The molecule has 8 heteroatoms. The first-order valence-electron chi connectivity index (χ1n) is 10.1. The molecule has 1 aliphatic heterocycles. The number of imidazole rings is 1. The van der Waals surface area contributed by atoms with Crippen molar-refractivity contribution in [2.24, 2.45) is 7.05 Å². The van der Waals surface area contributed by atoms with Crippen molar-refractivity contribution in [1.82, 2.24) is 18.7 Å². The molecule has 1 aliphatic rings. The number of anilines is 2. The highest BCUT2D eigenvalue weighted by Gasteiger charge is 2.29. The van der Waals surface area contributed by atoms with Gasteiger partial charge < -0.3 is 9.47 Å². The lowest BCUT2D eigenvalue weighted by molar-refractivity contribution is 0.623. The van der Waals surface area contributed by atoms with Crippen molar-refractivity contribution in [3.8, 4) is 0 Å². The molecule has 0 aliphatic carbocycles. The van der Waals surface area contributed by atoms with Gasteiger partial charge in [-0.15, -0.1) is 0 Å². The quantitative estimate of drug-likeness (QED) is 0.512. The molecule has 3 heterocycles. The lowest BCUT2D eigenvalue weighted by Gasteiger charge is -2.17. The van der Waals surface area contributed by atoms with Crippen molar-refractivity contribution in [1.29, 1.82) is 0 Å². The van der Waals surface area contributed by atoms with Crippen molar-refractivity contribution in [2.45, 2.75) is 26.9 Å². The summed E-state index contributed by atoms with van der Waals surface area (Å²) in [6, 6.07) is 12.1. The second kappa shape index (κ2) is 6.94. The van der Waals surface area contributed by atoms with E-state index in [9.17, 15) is 14.0 Å². The van der Waals surface area contributed by atoms with Crippen LogP contribution in [-0.2, 0) is 20.1 Å². The third kappa shape index (κ3) is 3.06. The predicted molar refractivity (Wildman–Crippen MR) is 118 cm³/mol. The lowest BCUT2D eigenvalue weighted by atomic mass is 10.1. The Morgan fingerprint density at radius 2 is 1.68 bits per heavy atom. The van der Waals surface area contributed by atoms with E-state index in [2.05, 4.69) is 28.1 Å². The molecule has 0 unspecified atom stereocenters. The highest BCUT2D eigenvalue weighted by atomic mass is 19.1. The van der Waals surface area contributed by atoms with Gasteiger partial charge in [0.05, 0.1) is 6.54 Å². The minimum atomic E-state index is -0.448. The highest BCUT2D eigenvalue weighted by molar-refractivity contribution is 5.78. The summed E-state index contributed by atoms with van der Waals surface area (Å²) >= 11 is 0. The Morgan fingerprint density at radius 3 is 2.35 bits per heavy atom. The maximum absolute atomic E-state index is 13.3. The first-order valence-corrected chi connectivity index (χ1v) is 10.1. The number of fused-ring (bicyclic) bond motifs is 3. The third-order valence-electron chi connectivity index (χ3n) is 5.77. The zero-order valence-electron chi connectivity index (χ0n) is 17.6. The number of hydrogen-bond acceptors (Lipinski definition) is 4. The molecule has 7 nitrogen and oxygen atoms in total. The minimum absolute atomic E-state index is 0.0724. The molecule has 0 atom stereocenters. The largest absolute Gasteiger partial charge is 0.332 e. The van der Waals surface area contributed by atoms with Crippen molar-refractivity contribution >= 4 is 22.8 Å². The first kappa shape index (κ1) is 19.3. The molecule has 4 aromatic rings. The van der Waals surface area contributed by atoms with Crippen molar-refractivity contribution in [3.05, 3.63) is 85.8 Å². The van der Waals surface area contributed by atoms with Crippen LogP contribution in [0.2, 0.25) is 0 Å². The van der Waals surface area contributed by atoms with Gasteiger partial charge in [0.2, 0.25) is 5.95 Å². The Labute approximate surface area is 177 Å². The van der Waals surface area contributed by atoms with Crippen LogP contribution in [0.15, 0.2) is 52.1 Å². The van der Waals surface area contributed by atoms with Crippen LogP contribution in [-0.4, -0.2) is 25.2 Å². The van der Waals surface area contributed by atoms with Gasteiger partial charge in [0.15, 0.2) is 11.2 Å². The normalized spacial score (nSPS) is 13.2. The molecule has 2 aromatic carbocycles. The topological polar surface area (TPSA) is 65.1 Å². The molecule has 158 valence electrons. The SMILES string of the molecule is Cc1cc(C)cc(N2CCn3c2nc2c3c(=O)n(Cc3ccc(F)cc3)c(=O)n2C)c1. The van der Waals surface area contributed by atoms with E-state index in [0.29, 0.717) is 35.8 Å². The highest BCUT2D eigenvalue weighted by Crippen LogP contribution is 2.32. The Hall–Kier alpha value is -3.68. The average Bonchev–Trinajstić information content (AvgIpc) is 3.29. The number of rotatable bonds is 3. The molecule has 0 fully saturated rings. The number of nitrogens with zero attached hydrogens (tertiary/aromatic N) is 5. The summed E-state index contributed by atoms with van der Waals surface area (Å²) in [7, 11) is 1.62.